The van der Waals surface area contributed by atoms with Crippen LogP contribution in [0.15, 0.2) is 30.3 Å². The summed E-state index contributed by atoms with van der Waals surface area (Å²) in [5, 5.41) is 0. The molecule has 0 aliphatic rings. The standard InChI is InChI=1S/C8H7NO5S/c10-6-9(15(12,13)14)8(11)7-4-2-1-3-5-7/h1-6H,(H,12,13,14). The minimum absolute atomic E-state index is 0.0118. The number of amides is 2. The van der Waals surface area contributed by atoms with E-state index in [9.17, 15) is 18.0 Å². The van der Waals surface area contributed by atoms with Gasteiger partial charge in [0, 0.05) is 5.56 Å². The monoisotopic (exact) mass is 229 g/mol. The van der Waals surface area contributed by atoms with E-state index in [4.69, 9.17) is 4.55 Å². The molecule has 1 aromatic rings. The van der Waals surface area contributed by atoms with Gasteiger partial charge in [0.25, 0.3) is 5.91 Å². The Morgan fingerprint density at radius 2 is 1.80 bits per heavy atom. The van der Waals surface area contributed by atoms with Crippen molar-refractivity contribution in [2.45, 2.75) is 0 Å². The quantitative estimate of drug-likeness (QED) is 0.585. The zero-order valence-electron chi connectivity index (χ0n) is 7.40. The summed E-state index contributed by atoms with van der Waals surface area (Å²) in [7, 11) is -4.85. The Kier molecular flexibility index (Phi) is 3.17. The zero-order chi connectivity index (χ0) is 11.5. The highest BCUT2D eigenvalue weighted by Gasteiger charge is 2.25. The first-order valence-electron chi connectivity index (χ1n) is 3.78. The third-order valence-corrected chi connectivity index (χ3v) is 2.31. The van der Waals surface area contributed by atoms with Crippen molar-refractivity contribution in [3.63, 3.8) is 0 Å². The van der Waals surface area contributed by atoms with Crippen LogP contribution in [0.4, 0.5) is 0 Å². The van der Waals surface area contributed by atoms with Gasteiger partial charge in [0.2, 0.25) is 6.41 Å². The lowest BCUT2D eigenvalue weighted by molar-refractivity contribution is -0.112. The maximum atomic E-state index is 11.4. The smallest absolute Gasteiger partial charge is 0.277 e. The highest BCUT2D eigenvalue weighted by atomic mass is 32.2. The second kappa shape index (κ2) is 4.20. The van der Waals surface area contributed by atoms with Gasteiger partial charge in [0.05, 0.1) is 0 Å². The number of benzene rings is 1. The molecule has 0 aliphatic heterocycles. The van der Waals surface area contributed by atoms with Gasteiger partial charge in [0.1, 0.15) is 0 Å². The van der Waals surface area contributed by atoms with Crippen LogP contribution < -0.4 is 0 Å². The number of rotatable bonds is 3. The van der Waals surface area contributed by atoms with Crippen molar-refractivity contribution >= 4 is 22.6 Å². The third kappa shape index (κ3) is 2.61. The molecule has 1 N–H and O–H groups in total. The van der Waals surface area contributed by atoms with Gasteiger partial charge in [-0.05, 0) is 12.1 Å². The lowest BCUT2D eigenvalue weighted by Crippen LogP contribution is -2.35. The molecule has 0 aromatic heterocycles. The molecule has 0 atom stereocenters. The summed E-state index contributed by atoms with van der Waals surface area (Å²) in [6, 6.07) is 7.27. The van der Waals surface area contributed by atoms with Crippen LogP contribution in [-0.2, 0) is 15.1 Å². The summed E-state index contributed by atoms with van der Waals surface area (Å²) in [6.45, 7) is 0. The third-order valence-electron chi connectivity index (χ3n) is 1.57. The van der Waals surface area contributed by atoms with Gasteiger partial charge in [-0.25, -0.2) is 0 Å². The number of carbonyl (C=O) groups is 2. The van der Waals surface area contributed by atoms with Crippen molar-refractivity contribution in [3.05, 3.63) is 35.9 Å². The molecule has 0 fully saturated rings. The van der Waals surface area contributed by atoms with E-state index in [2.05, 4.69) is 0 Å². The fraction of sp³-hybridized carbons (Fsp3) is 0. The molecule has 0 unspecified atom stereocenters. The molecule has 0 bridgehead atoms. The van der Waals surface area contributed by atoms with Gasteiger partial charge in [0.15, 0.2) is 0 Å². The fourth-order valence-electron chi connectivity index (χ4n) is 0.915. The maximum Gasteiger partial charge on any atom is 0.369 e. The molecule has 0 saturated carbocycles. The Balaban J connectivity index is 3.09. The van der Waals surface area contributed by atoms with Gasteiger partial charge in [-0.3, -0.25) is 14.1 Å². The van der Waals surface area contributed by atoms with Crippen LogP contribution in [0.2, 0.25) is 0 Å². The van der Waals surface area contributed by atoms with Gasteiger partial charge >= 0.3 is 10.3 Å². The molecule has 2 amide bonds. The summed E-state index contributed by atoms with van der Waals surface area (Å²) in [5.41, 5.74) is -0.0118. The van der Waals surface area contributed by atoms with Crippen LogP contribution in [0.1, 0.15) is 10.4 Å². The van der Waals surface area contributed by atoms with Crippen molar-refractivity contribution in [1.82, 2.24) is 4.31 Å². The van der Waals surface area contributed by atoms with Crippen molar-refractivity contribution in [1.29, 1.82) is 0 Å². The van der Waals surface area contributed by atoms with E-state index in [-0.39, 0.29) is 16.3 Å². The molecule has 0 radical (unpaired) electrons. The SMILES string of the molecule is O=CN(C(=O)c1ccccc1)S(=O)(=O)O. The Morgan fingerprint density at radius 1 is 1.27 bits per heavy atom. The second-order valence-electron chi connectivity index (χ2n) is 2.55. The van der Waals surface area contributed by atoms with Gasteiger partial charge < -0.3 is 0 Å². The highest BCUT2D eigenvalue weighted by Crippen LogP contribution is 2.05. The largest absolute Gasteiger partial charge is 0.369 e. The second-order valence-corrected chi connectivity index (χ2v) is 3.84. The molecule has 1 aromatic carbocycles. The van der Waals surface area contributed by atoms with Crippen molar-refractivity contribution < 1.29 is 22.6 Å². The van der Waals surface area contributed by atoms with E-state index in [1.54, 1.807) is 6.07 Å². The summed E-state index contributed by atoms with van der Waals surface area (Å²) in [6.07, 6.45) is -0.259. The topological polar surface area (TPSA) is 91.8 Å². The van der Waals surface area contributed by atoms with Crippen LogP contribution in [-0.4, -0.2) is 29.6 Å². The molecule has 6 nitrogen and oxygen atoms in total. The summed E-state index contributed by atoms with van der Waals surface area (Å²) < 4.78 is 29.5. The van der Waals surface area contributed by atoms with Crippen molar-refractivity contribution in [3.8, 4) is 0 Å². The lowest BCUT2D eigenvalue weighted by Gasteiger charge is -2.10. The molecule has 0 saturated heterocycles. The number of hydrogen-bond donors (Lipinski definition) is 1. The van der Waals surface area contributed by atoms with E-state index in [1.165, 1.54) is 24.3 Å². The number of carbonyl (C=O) groups excluding carboxylic acids is 2. The number of hydrogen-bond acceptors (Lipinski definition) is 4. The Bertz CT molecular complexity index is 467. The normalized spacial score (nSPS) is 10.7. The molecule has 0 spiro atoms. The number of nitrogens with zero attached hydrogens (tertiary/aromatic N) is 1. The van der Waals surface area contributed by atoms with Crippen LogP contribution >= 0.6 is 0 Å². The van der Waals surface area contributed by atoms with E-state index in [1.807, 2.05) is 0 Å². The average molecular weight is 229 g/mol. The van der Waals surface area contributed by atoms with Crippen LogP contribution in [0.25, 0.3) is 0 Å². The molecule has 0 aliphatic carbocycles. The minimum atomic E-state index is -4.85. The van der Waals surface area contributed by atoms with E-state index in [0.717, 1.165) is 0 Å². The summed E-state index contributed by atoms with van der Waals surface area (Å²) >= 11 is 0. The Hall–Kier alpha value is -1.73. The molecule has 80 valence electrons. The predicted octanol–water partition coefficient (Wildman–Crippen LogP) is 0.0880. The lowest BCUT2D eigenvalue weighted by atomic mass is 10.2. The van der Waals surface area contributed by atoms with E-state index < -0.39 is 16.2 Å². The van der Waals surface area contributed by atoms with Crippen molar-refractivity contribution in [2.24, 2.45) is 0 Å². The average Bonchev–Trinajstić information content (AvgIpc) is 2.18. The number of imide groups is 1. The zero-order valence-corrected chi connectivity index (χ0v) is 8.22. The fourth-order valence-corrected chi connectivity index (χ4v) is 1.34. The van der Waals surface area contributed by atoms with Gasteiger partial charge in [-0.15, -0.1) is 4.31 Å². The summed E-state index contributed by atoms with van der Waals surface area (Å²) in [4.78, 5) is 21.7. The molecule has 1 rings (SSSR count). The van der Waals surface area contributed by atoms with Crippen LogP contribution in [0.5, 0.6) is 0 Å². The van der Waals surface area contributed by atoms with Crippen LogP contribution in [0.3, 0.4) is 0 Å². The molecular formula is C8H7NO5S. The Labute approximate surface area is 86.0 Å². The molecule has 0 heterocycles. The van der Waals surface area contributed by atoms with E-state index in [0.29, 0.717) is 0 Å². The highest BCUT2D eigenvalue weighted by molar-refractivity contribution is 7.84. The molecule has 7 heteroatoms. The minimum Gasteiger partial charge on any atom is -0.277 e. The first-order valence-corrected chi connectivity index (χ1v) is 5.18. The molecular weight excluding hydrogens is 222 g/mol. The van der Waals surface area contributed by atoms with Gasteiger partial charge in [-0.1, -0.05) is 18.2 Å². The summed E-state index contributed by atoms with van der Waals surface area (Å²) in [5.74, 6) is -1.10. The van der Waals surface area contributed by atoms with E-state index >= 15 is 0 Å². The first kappa shape index (κ1) is 11.3. The maximum absolute atomic E-state index is 11.4. The molecule has 15 heavy (non-hydrogen) atoms. The Morgan fingerprint density at radius 3 is 2.20 bits per heavy atom. The van der Waals surface area contributed by atoms with Crippen molar-refractivity contribution in [2.75, 3.05) is 0 Å². The van der Waals surface area contributed by atoms with Gasteiger partial charge in [-0.2, -0.15) is 8.42 Å². The van der Waals surface area contributed by atoms with Crippen LogP contribution in [0, 0.1) is 0 Å². The predicted molar refractivity (Wildman–Crippen MR) is 50.2 cm³/mol. The first-order chi connectivity index (χ1) is 6.96.